The second-order valence-electron chi connectivity index (χ2n) is 6.90. The quantitative estimate of drug-likeness (QED) is 0.585. The molecule has 0 aliphatic rings. The molecule has 6 nitrogen and oxygen atoms in total. The Labute approximate surface area is 164 Å². The van der Waals surface area contributed by atoms with Gasteiger partial charge in [0.1, 0.15) is 0 Å². The first-order valence-electron chi connectivity index (χ1n) is 9.19. The average Bonchev–Trinajstić information content (AvgIpc) is 2.66. The van der Waals surface area contributed by atoms with Crippen molar-refractivity contribution in [2.45, 2.75) is 38.1 Å². The van der Waals surface area contributed by atoms with Crippen LogP contribution in [0.15, 0.2) is 60.7 Å². The van der Waals surface area contributed by atoms with E-state index in [0.29, 0.717) is 6.42 Å². The zero-order valence-corrected chi connectivity index (χ0v) is 15.7. The highest BCUT2D eigenvalue weighted by molar-refractivity contribution is 5.85. The van der Waals surface area contributed by atoms with E-state index in [1.54, 1.807) is 0 Å². The Morgan fingerprint density at radius 3 is 2.00 bits per heavy atom. The Morgan fingerprint density at radius 2 is 1.46 bits per heavy atom. The molecular formula is C22H25NO5. The highest BCUT2D eigenvalue weighted by Gasteiger charge is 2.27. The third-order valence-corrected chi connectivity index (χ3v) is 4.72. The lowest BCUT2D eigenvalue weighted by Crippen LogP contribution is -2.39. The number of carboxylic acids is 2. The summed E-state index contributed by atoms with van der Waals surface area (Å²) in [6.45, 7) is 1.88. The van der Waals surface area contributed by atoms with Crippen LogP contribution in [0.1, 0.15) is 36.8 Å². The van der Waals surface area contributed by atoms with Gasteiger partial charge < -0.3 is 15.5 Å². The molecule has 0 aromatic heterocycles. The molecule has 0 fully saturated rings. The van der Waals surface area contributed by atoms with Crippen LogP contribution >= 0.6 is 0 Å². The van der Waals surface area contributed by atoms with E-state index in [9.17, 15) is 14.4 Å². The molecule has 0 heterocycles. The summed E-state index contributed by atoms with van der Waals surface area (Å²) in [7, 11) is 0. The monoisotopic (exact) mass is 383 g/mol. The van der Waals surface area contributed by atoms with Gasteiger partial charge in [0.25, 0.3) is 0 Å². The second kappa shape index (κ2) is 10.3. The van der Waals surface area contributed by atoms with Crippen molar-refractivity contribution in [2.24, 2.45) is 5.92 Å². The van der Waals surface area contributed by atoms with Crippen molar-refractivity contribution in [3.8, 4) is 0 Å². The number of aliphatic carboxylic acids is 2. The summed E-state index contributed by atoms with van der Waals surface area (Å²) in [6, 6.07) is 19.5. The number of rotatable bonds is 10. The van der Waals surface area contributed by atoms with Gasteiger partial charge in [-0.3, -0.25) is 14.4 Å². The molecular weight excluding hydrogens is 358 g/mol. The van der Waals surface area contributed by atoms with Crippen LogP contribution in [0.3, 0.4) is 0 Å². The van der Waals surface area contributed by atoms with Gasteiger partial charge in [0.2, 0.25) is 5.91 Å². The molecule has 148 valence electrons. The van der Waals surface area contributed by atoms with E-state index < -0.39 is 30.2 Å². The van der Waals surface area contributed by atoms with Crippen LogP contribution in [0, 0.1) is 5.92 Å². The lowest BCUT2D eigenvalue weighted by atomic mass is 9.86. The molecule has 0 bridgehead atoms. The minimum atomic E-state index is -1.28. The lowest BCUT2D eigenvalue weighted by molar-refractivity contribution is -0.149. The normalized spacial score (nSPS) is 13.9. The lowest BCUT2D eigenvalue weighted by Gasteiger charge is -2.26. The highest BCUT2D eigenvalue weighted by atomic mass is 16.4. The summed E-state index contributed by atoms with van der Waals surface area (Å²) in [5.41, 5.74) is 2.20. The van der Waals surface area contributed by atoms with Gasteiger partial charge in [-0.25, -0.2) is 0 Å². The topological polar surface area (TPSA) is 104 Å². The fourth-order valence-electron chi connectivity index (χ4n) is 3.25. The number of benzene rings is 2. The average molecular weight is 383 g/mol. The van der Waals surface area contributed by atoms with Crippen LogP contribution in [0.4, 0.5) is 0 Å². The molecule has 2 aromatic rings. The summed E-state index contributed by atoms with van der Waals surface area (Å²) >= 11 is 0. The molecule has 28 heavy (non-hydrogen) atoms. The number of nitrogens with one attached hydrogen (secondary N) is 1. The fourth-order valence-corrected chi connectivity index (χ4v) is 3.25. The van der Waals surface area contributed by atoms with Crippen LogP contribution in [-0.2, 0) is 20.8 Å². The molecule has 0 aliphatic heterocycles. The van der Waals surface area contributed by atoms with Gasteiger partial charge in [0.15, 0.2) is 0 Å². The van der Waals surface area contributed by atoms with Crippen molar-refractivity contribution in [1.82, 2.24) is 5.32 Å². The van der Waals surface area contributed by atoms with E-state index in [1.807, 2.05) is 67.6 Å². The molecule has 1 amide bonds. The number of carboxylic acid groups (broad SMARTS) is 2. The van der Waals surface area contributed by atoms with E-state index in [4.69, 9.17) is 10.2 Å². The van der Waals surface area contributed by atoms with Crippen LogP contribution in [0.2, 0.25) is 0 Å². The first-order chi connectivity index (χ1) is 13.4. The van der Waals surface area contributed by atoms with Crippen LogP contribution < -0.4 is 5.32 Å². The van der Waals surface area contributed by atoms with Gasteiger partial charge in [-0.15, -0.1) is 0 Å². The van der Waals surface area contributed by atoms with Crippen molar-refractivity contribution in [2.75, 3.05) is 0 Å². The zero-order chi connectivity index (χ0) is 20.5. The van der Waals surface area contributed by atoms with E-state index in [2.05, 4.69) is 5.32 Å². The Bertz CT molecular complexity index is 791. The Morgan fingerprint density at radius 1 is 0.893 bits per heavy atom. The van der Waals surface area contributed by atoms with E-state index in [1.165, 1.54) is 0 Å². The van der Waals surface area contributed by atoms with E-state index in [-0.39, 0.29) is 18.4 Å². The third kappa shape index (κ3) is 6.54. The van der Waals surface area contributed by atoms with E-state index >= 15 is 0 Å². The molecule has 3 atom stereocenters. The Balaban J connectivity index is 2.11. The predicted octanol–water partition coefficient (Wildman–Crippen LogP) is 3.08. The largest absolute Gasteiger partial charge is 0.481 e. The molecule has 0 saturated carbocycles. The number of carbonyl (C=O) groups is 3. The zero-order valence-electron chi connectivity index (χ0n) is 15.7. The van der Waals surface area contributed by atoms with Crippen LogP contribution in [-0.4, -0.2) is 34.1 Å². The molecule has 2 aromatic carbocycles. The van der Waals surface area contributed by atoms with Crippen molar-refractivity contribution in [3.63, 3.8) is 0 Å². The summed E-state index contributed by atoms with van der Waals surface area (Å²) in [5.74, 6) is -4.23. The van der Waals surface area contributed by atoms with Crippen molar-refractivity contribution in [1.29, 1.82) is 0 Å². The molecule has 0 aliphatic carbocycles. The molecule has 6 heteroatoms. The maximum atomic E-state index is 12.4. The molecule has 3 N–H and O–H groups in total. The fraction of sp³-hybridized carbons (Fsp3) is 0.318. The van der Waals surface area contributed by atoms with Gasteiger partial charge in [-0.1, -0.05) is 60.7 Å². The summed E-state index contributed by atoms with van der Waals surface area (Å²) in [5, 5.41) is 20.8. The van der Waals surface area contributed by atoms with Crippen molar-refractivity contribution in [3.05, 3.63) is 71.8 Å². The standard InChI is InChI=1S/C22H25NO5/c1-15(23-20(24)13-18(22(27)28)14-21(25)26)19(17-10-6-3-7-11-17)12-16-8-4-2-5-9-16/h2-11,15,18-19H,12-14H2,1H3,(H,23,24)(H,25,26)(H,27,28). The summed E-state index contributed by atoms with van der Waals surface area (Å²) < 4.78 is 0. The molecule has 0 saturated heterocycles. The van der Waals surface area contributed by atoms with Gasteiger partial charge in [-0.05, 0) is 24.5 Å². The first-order valence-corrected chi connectivity index (χ1v) is 9.19. The first kappa shape index (κ1) is 21.2. The maximum Gasteiger partial charge on any atom is 0.307 e. The number of hydrogen-bond acceptors (Lipinski definition) is 3. The SMILES string of the molecule is CC(NC(=O)CC(CC(=O)O)C(=O)O)C(Cc1ccccc1)c1ccccc1. The van der Waals surface area contributed by atoms with Gasteiger partial charge in [0, 0.05) is 18.4 Å². The number of carbonyl (C=O) groups excluding carboxylic acids is 1. The summed E-state index contributed by atoms with van der Waals surface area (Å²) in [4.78, 5) is 34.4. The van der Waals surface area contributed by atoms with Gasteiger partial charge in [0.05, 0.1) is 12.3 Å². The molecule has 0 spiro atoms. The van der Waals surface area contributed by atoms with Crippen LogP contribution in [0.5, 0.6) is 0 Å². The Kier molecular flexibility index (Phi) is 7.75. The van der Waals surface area contributed by atoms with E-state index in [0.717, 1.165) is 11.1 Å². The van der Waals surface area contributed by atoms with Gasteiger partial charge in [-0.2, -0.15) is 0 Å². The molecule has 2 rings (SSSR count). The van der Waals surface area contributed by atoms with Crippen LogP contribution in [0.25, 0.3) is 0 Å². The van der Waals surface area contributed by atoms with Crippen molar-refractivity contribution < 1.29 is 24.6 Å². The smallest absolute Gasteiger partial charge is 0.307 e. The molecule has 3 unspecified atom stereocenters. The predicted molar refractivity (Wildman–Crippen MR) is 105 cm³/mol. The maximum absolute atomic E-state index is 12.4. The minimum Gasteiger partial charge on any atom is -0.481 e. The van der Waals surface area contributed by atoms with Gasteiger partial charge >= 0.3 is 11.9 Å². The molecule has 0 radical (unpaired) electrons. The minimum absolute atomic E-state index is 0.00435. The second-order valence-corrected chi connectivity index (χ2v) is 6.90. The number of hydrogen-bond donors (Lipinski definition) is 3. The highest BCUT2D eigenvalue weighted by Crippen LogP contribution is 2.25. The number of amides is 1. The summed E-state index contributed by atoms with van der Waals surface area (Å²) in [6.07, 6.45) is -0.230. The Hall–Kier alpha value is -3.15. The third-order valence-electron chi connectivity index (χ3n) is 4.72. The van der Waals surface area contributed by atoms with Crippen molar-refractivity contribution >= 4 is 17.8 Å².